The lowest BCUT2D eigenvalue weighted by atomic mass is 10.0. The number of hydrogen-bond donors (Lipinski definition) is 0. The molecule has 6 heteroatoms. The monoisotopic (exact) mass is 1130 g/mol. The third-order valence-electron chi connectivity index (χ3n) is 15.1. The first-order valence-electron chi connectivity index (χ1n) is 34.7. The van der Waals surface area contributed by atoms with E-state index in [2.05, 4.69) is 118 Å². The van der Waals surface area contributed by atoms with Crippen LogP contribution >= 0.6 is 0 Å². The number of rotatable bonds is 63. The van der Waals surface area contributed by atoms with Crippen molar-refractivity contribution in [2.75, 3.05) is 13.2 Å². The summed E-state index contributed by atoms with van der Waals surface area (Å²) in [6, 6.07) is 0. The van der Waals surface area contributed by atoms with Gasteiger partial charge < -0.3 is 14.2 Å². The van der Waals surface area contributed by atoms with E-state index in [1.165, 1.54) is 193 Å². The van der Waals surface area contributed by atoms with Gasteiger partial charge in [0.15, 0.2) is 6.10 Å². The molecule has 0 saturated heterocycles. The molecule has 81 heavy (non-hydrogen) atoms. The number of carbonyl (C=O) groups excluding carboxylic acids is 3. The van der Waals surface area contributed by atoms with Crippen molar-refractivity contribution >= 4 is 17.9 Å². The summed E-state index contributed by atoms with van der Waals surface area (Å²) < 4.78 is 16.9. The fraction of sp³-hybridized carbons (Fsp3) is 0.747. The Hall–Kier alpha value is -3.67. The Morgan fingerprint density at radius 2 is 0.481 bits per heavy atom. The smallest absolute Gasteiger partial charge is 0.306 e. The molecule has 0 heterocycles. The summed E-state index contributed by atoms with van der Waals surface area (Å²) in [5.74, 6) is -0.880. The van der Waals surface area contributed by atoms with Crippen LogP contribution in [0.2, 0.25) is 0 Å². The standard InChI is InChI=1S/C75H130O6/c1-4-7-10-13-16-18-20-22-24-26-28-30-32-34-36-37-39-40-42-44-46-48-50-52-54-56-59-62-65-68-74(77)80-71-72(70-79-73(76)67-64-61-58-15-12-9-6-3)81-75(78)69-66-63-60-57-55-53-51-49-47-45-43-41-38-35-33-31-29-27-25-23-21-19-17-14-11-8-5-2/h8,11,17,19-20,22-23,25-26,28-29,31,35,38,43,45,72H,4-7,9-10,12-16,18,21,24,27,30,32-34,36-37,39-42,44,46-71H2,1-3H3/b11-8-,19-17-,22-20-,25-23-,28-26-,31-29-,38-35-,45-43-. The van der Waals surface area contributed by atoms with E-state index >= 15 is 0 Å². The van der Waals surface area contributed by atoms with Gasteiger partial charge >= 0.3 is 17.9 Å². The van der Waals surface area contributed by atoms with Crippen LogP contribution in [0.4, 0.5) is 0 Å². The van der Waals surface area contributed by atoms with Crippen LogP contribution in [0.1, 0.15) is 342 Å². The number of hydrogen-bond acceptors (Lipinski definition) is 6. The second-order valence-electron chi connectivity index (χ2n) is 23.1. The molecule has 0 fully saturated rings. The highest BCUT2D eigenvalue weighted by atomic mass is 16.6. The van der Waals surface area contributed by atoms with Crippen LogP contribution in [0.25, 0.3) is 0 Å². The summed E-state index contributed by atoms with van der Waals surface area (Å²) in [6.45, 7) is 6.50. The van der Waals surface area contributed by atoms with Crippen LogP contribution in [-0.2, 0) is 28.6 Å². The van der Waals surface area contributed by atoms with Gasteiger partial charge in [-0.1, -0.05) is 317 Å². The largest absolute Gasteiger partial charge is 0.462 e. The fourth-order valence-electron chi connectivity index (χ4n) is 9.89. The predicted octanol–water partition coefficient (Wildman–Crippen LogP) is 24.0. The highest BCUT2D eigenvalue weighted by Crippen LogP contribution is 2.17. The third-order valence-corrected chi connectivity index (χ3v) is 15.1. The van der Waals surface area contributed by atoms with Crippen molar-refractivity contribution in [3.8, 4) is 0 Å². The zero-order valence-electron chi connectivity index (χ0n) is 53.5. The van der Waals surface area contributed by atoms with Gasteiger partial charge in [-0.05, 0) is 103 Å². The van der Waals surface area contributed by atoms with Gasteiger partial charge in [0.2, 0.25) is 0 Å². The van der Waals surface area contributed by atoms with E-state index in [1.807, 2.05) is 0 Å². The molecule has 0 spiro atoms. The minimum absolute atomic E-state index is 0.0777. The first-order valence-corrected chi connectivity index (χ1v) is 34.7. The number of ether oxygens (including phenoxy) is 3. The highest BCUT2D eigenvalue weighted by Gasteiger charge is 2.19. The van der Waals surface area contributed by atoms with Gasteiger partial charge in [-0.3, -0.25) is 14.4 Å². The van der Waals surface area contributed by atoms with Crippen LogP contribution in [0, 0.1) is 0 Å². The zero-order chi connectivity index (χ0) is 58.5. The van der Waals surface area contributed by atoms with Crippen molar-refractivity contribution in [1.82, 2.24) is 0 Å². The van der Waals surface area contributed by atoms with E-state index in [0.717, 1.165) is 109 Å². The molecule has 466 valence electrons. The lowest BCUT2D eigenvalue weighted by Crippen LogP contribution is -2.30. The first-order chi connectivity index (χ1) is 40.0. The molecule has 0 aliphatic heterocycles. The Kier molecular flexibility index (Phi) is 65.7. The Labute approximate surface area is 502 Å². The highest BCUT2D eigenvalue weighted by molar-refractivity contribution is 5.71. The van der Waals surface area contributed by atoms with Gasteiger partial charge in [0.1, 0.15) is 13.2 Å². The minimum Gasteiger partial charge on any atom is -0.462 e. The van der Waals surface area contributed by atoms with Crippen LogP contribution in [0.15, 0.2) is 97.2 Å². The SMILES string of the molecule is CC/C=C\C/C=C\C/C=C\C/C=C\C/C=C\C/C=C\CCCCCCCCCCC(=O)OC(COC(=O)CCCCCCCCC)COC(=O)CCCCCCCCCCCCCCCCCCC/C=C\C/C=C\CCCCCCC. The van der Waals surface area contributed by atoms with Crippen molar-refractivity contribution in [2.24, 2.45) is 0 Å². The minimum atomic E-state index is -0.780. The van der Waals surface area contributed by atoms with Gasteiger partial charge in [0, 0.05) is 19.3 Å². The van der Waals surface area contributed by atoms with Crippen LogP contribution in [0.5, 0.6) is 0 Å². The third kappa shape index (κ3) is 67.0. The fourth-order valence-corrected chi connectivity index (χ4v) is 9.89. The lowest BCUT2D eigenvalue weighted by Gasteiger charge is -2.18. The summed E-state index contributed by atoms with van der Waals surface area (Å²) >= 11 is 0. The number of unbranched alkanes of at least 4 members (excludes halogenated alkanes) is 36. The summed E-state index contributed by atoms with van der Waals surface area (Å²) in [5.41, 5.74) is 0. The Balaban J connectivity index is 4.10. The van der Waals surface area contributed by atoms with Crippen molar-refractivity contribution in [1.29, 1.82) is 0 Å². The molecule has 0 aromatic carbocycles. The molecule has 0 bridgehead atoms. The number of esters is 3. The topological polar surface area (TPSA) is 78.9 Å². The maximum Gasteiger partial charge on any atom is 0.306 e. The average molecular weight is 1130 g/mol. The molecule has 0 radical (unpaired) electrons. The molecule has 0 aliphatic carbocycles. The summed E-state index contributed by atoms with van der Waals surface area (Å²) in [4.78, 5) is 38.2. The molecule has 6 nitrogen and oxygen atoms in total. The Morgan fingerprint density at radius 1 is 0.259 bits per heavy atom. The molecule has 0 aromatic heterocycles. The van der Waals surface area contributed by atoms with E-state index in [-0.39, 0.29) is 31.1 Å². The molecule has 0 aromatic rings. The zero-order valence-corrected chi connectivity index (χ0v) is 53.5. The number of allylic oxidation sites excluding steroid dienone is 16. The predicted molar refractivity (Wildman–Crippen MR) is 353 cm³/mol. The molecule has 0 rings (SSSR count). The van der Waals surface area contributed by atoms with E-state index in [0.29, 0.717) is 19.3 Å². The average Bonchev–Trinajstić information content (AvgIpc) is 3.46. The molecule has 1 unspecified atom stereocenters. The van der Waals surface area contributed by atoms with Gasteiger partial charge in [-0.2, -0.15) is 0 Å². The van der Waals surface area contributed by atoms with Gasteiger partial charge in [-0.15, -0.1) is 0 Å². The molecular formula is C75H130O6. The maximum atomic E-state index is 12.9. The molecule has 0 amide bonds. The van der Waals surface area contributed by atoms with Gasteiger partial charge in [0.25, 0.3) is 0 Å². The second-order valence-corrected chi connectivity index (χ2v) is 23.1. The maximum absolute atomic E-state index is 12.9. The molecule has 0 N–H and O–H groups in total. The normalized spacial score (nSPS) is 12.7. The lowest BCUT2D eigenvalue weighted by molar-refractivity contribution is -0.167. The first kappa shape index (κ1) is 77.3. The summed E-state index contributed by atoms with van der Waals surface area (Å²) in [7, 11) is 0. The van der Waals surface area contributed by atoms with E-state index in [9.17, 15) is 14.4 Å². The Morgan fingerprint density at radius 3 is 0.753 bits per heavy atom. The molecule has 0 aliphatic rings. The van der Waals surface area contributed by atoms with Crippen molar-refractivity contribution in [3.63, 3.8) is 0 Å². The Bertz CT molecular complexity index is 1580. The van der Waals surface area contributed by atoms with Gasteiger partial charge in [0.05, 0.1) is 0 Å². The van der Waals surface area contributed by atoms with Crippen molar-refractivity contribution in [3.05, 3.63) is 97.2 Å². The van der Waals surface area contributed by atoms with E-state index < -0.39 is 6.10 Å². The molecule has 0 saturated carbocycles. The summed E-state index contributed by atoms with van der Waals surface area (Å²) in [6.07, 6.45) is 93.2. The van der Waals surface area contributed by atoms with Crippen molar-refractivity contribution in [2.45, 2.75) is 348 Å². The second kappa shape index (κ2) is 68.8. The van der Waals surface area contributed by atoms with E-state index in [4.69, 9.17) is 14.2 Å². The molecular weight excluding hydrogens is 997 g/mol. The summed E-state index contributed by atoms with van der Waals surface area (Å²) in [5, 5.41) is 0. The van der Waals surface area contributed by atoms with Crippen LogP contribution < -0.4 is 0 Å². The van der Waals surface area contributed by atoms with Crippen molar-refractivity contribution < 1.29 is 28.6 Å². The van der Waals surface area contributed by atoms with Crippen LogP contribution in [0.3, 0.4) is 0 Å². The molecule has 1 atom stereocenters. The quantitative estimate of drug-likeness (QED) is 0.0261. The van der Waals surface area contributed by atoms with Crippen LogP contribution in [-0.4, -0.2) is 37.2 Å². The van der Waals surface area contributed by atoms with Gasteiger partial charge in [-0.25, -0.2) is 0 Å². The van der Waals surface area contributed by atoms with E-state index in [1.54, 1.807) is 0 Å². The number of carbonyl (C=O) groups is 3.